The van der Waals surface area contributed by atoms with E-state index in [2.05, 4.69) is 10.3 Å². The highest BCUT2D eigenvalue weighted by Gasteiger charge is 2.30. The van der Waals surface area contributed by atoms with Crippen LogP contribution in [0.25, 0.3) is 0 Å². The Bertz CT molecular complexity index is 1090. The first kappa shape index (κ1) is 21.9. The van der Waals surface area contributed by atoms with Crippen molar-refractivity contribution in [1.29, 1.82) is 0 Å². The van der Waals surface area contributed by atoms with Gasteiger partial charge in [0.1, 0.15) is 10.6 Å². The summed E-state index contributed by atoms with van der Waals surface area (Å²) in [5, 5.41) is 2.45. The average Bonchev–Trinajstić information content (AvgIpc) is 3.39. The first-order valence-electron chi connectivity index (χ1n) is 9.48. The maximum absolute atomic E-state index is 12.7. The minimum Gasteiger partial charge on any atom is -0.356 e. The van der Waals surface area contributed by atoms with Gasteiger partial charge in [-0.05, 0) is 23.8 Å². The number of carbonyl (C=O) groups is 3. The van der Waals surface area contributed by atoms with Gasteiger partial charge in [0.05, 0.1) is 12.3 Å². The summed E-state index contributed by atoms with van der Waals surface area (Å²) in [6, 6.07) is 8.11. The molecular formula is C19H20N4O5S3. The highest BCUT2D eigenvalue weighted by atomic mass is 32.2. The lowest BCUT2D eigenvalue weighted by atomic mass is 10.2. The van der Waals surface area contributed by atoms with Crippen molar-refractivity contribution in [3.05, 3.63) is 47.8 Å². The molecule has 0 bridgehead atoms. The lowest BCUT2D eigenvalue weighted by Crippen LogP contribution is -2.37. The Labute approximate surface area is 188 Å². The number of anilines is 1. The number of rotatable bonds is 6. The van der Waals surface area contributed by atoms with Crippen LogP contribution in [0.2, 0.25) is 0 Å². The number of nitrogens with zero attached hydrogens (tertiary/aromatic N) is 2. The number of aromatic amines is 1. The molecule has 2 N–H and O–H groups in total. The summed E-state index contributed by atoms with van der Waals surface area (Å²) in [5.41, 5.74) is 1.41. The number of aromatic nitrogens is 1. The third-order valence-corrected chi connectivity index (χ3v) is 8.58. The van der Waals surface area contributed by atoms with E-state index in [1.807, 2.05) is 0 Å². The number of imide groups is 1. The van der Waals surface area contributed by atoms with Gasteiger partial charge in [-0.15, -0.1) is 0 Å². The minimum atomic E-state index is -3.63. The molecule has 0 atom stereocenters. The maximum atomic E-state index is 12.7. The predicted octanol–water partition coefficient (Wildman–Crippen LogP) is 2.20. The van der Waals surface area contributed by atoms with Crippen molar-refractivity contribution in [2.75, 3.05) is 35.7 Å². The largest absolute Gasteiger partial charge is 0.356 e. The lowest BCUT2D eigenvalue weighted by molar-refractivity contribution is -0.125. The Kier molecular flexibility index (Phi) is 6.42. The van der Waals surface area contributed by atoms with E-state index >= 15 is 0 Å². The molecule has 3 heterocycles. The molecule has 12 heteroatoms. The average molecular weight is 481 g/mol. The monoisotopic (exact) mass is 480 g/mol. The van der Waals surface area contributed by atoms with Crippen LogP contribution in [0.1, 0.15) is 16.1 Å². The van der Waals surface area contributed by atoms with Crippen LogP contribution in [0.5, 0.6) is 0 Å². The second-order valence-electron chi connectivity index (χ2n) is 6.95. The van der Waals surface area contributed by atoms with Crippen LogP contribution in [-0.4, -0.2) is 70.0 Å². The summed E-state index contributed by atoms with van der Waals surface area (Å²) >= 11 is 2.70. The van der Waals surface area contributed by atoms with Gasteiger partial charge in [-0.2, -0.15) is 16.1 Å². The van der Waals surface area contributed by atoms with Crippen LogP contribution in [-0.2, 0) is 21.4 Å². The van der Waals surface area contributed by atoms with Crippen molar-refractivity contribution in [2.45, 2.75) is 11.4 Å². The molecule has 0 saturated carbocycles. The highest BCUT2D eigenvalue weighted by molar-refractivity contribution is 8.14. The molecule has 31 heavy (non-hydrogen) atoms. The predicted molar refractivity (Wildman–Crippen MR) is 120 cm³/mol. The van der Waals surface area contributed by atoms with Gasteiger partial charge >= 0.3 is 0 Å². The number of sulfonamides is 1. The molecule has 9 nitrogen and oxygen atoms in total. The molecule has 164 valence electrons. The van der Waals surface area contributed by atoms with Gasteiger partial charge in [0, 0.05) is 36.5 Å². The van der Waals surface area contributed by atoms with Crippen LogP contribution in [0.3, 0.4) is 0 Å². The number of carbonyl (C=O) groups excluding carboxylic acids is 3. The SMILES string of the molecule is O=C(Nc1ccc(CN2C(=O)CSC2=O)cc1)c1cc(S(=O)(=O)N2CCSCC2)c[nH]1. The summed E-state index contributed by atoms with van der Waals surface area (Å²) in [5.74, 6) is 0.993. The summed E-state index contributed by atoms with van der Waals surface area (Å²) in [6.45, 7) is 1.10. The van der Waals surface area contributed by atoms with Gasteiger partial charge in [-0.3, -0.25) is 19.3 Å². The molecule has 2 aromatic rings. The van der Waals surface area contributed by atoms with Crippen molar-refractivity contribution < 1.29 is 22.8 Å². The quantitative estimate of drug-likeness (QED) is 0.650. The Morgan fingerprint density at radius 2 is 1.84 bits per heavy atom. The number of thioether (sulfide) groups is 2. The molecule has 1 aromatic heterocycles. The molecule has 2 aliphatic rings. The zero-order valence-corrected chi connectivity index (χ0v) is 18.8. The zero-order valence-electron chi connectivity index (χ0n) is 16.4. The van der Waals surface area contributed by atoms with Gasteiger partial charge in [0.15, 0.2) is 0 Å². The van der Waals surface area contributed by atoms with E-state index in [0.717, 1.165) is 28.8 Å². The Hall–Kier alpha value is -2.28. The zero-order chi connectivity index (χ0) is 22.0. The molecule has 0 unspecified atom stereocenters. The molecule has 0 radical (unpaired) electrons. The van der Waals surface area contributed by atoms with E-state index in [1.54, 1.807) is 36.0 Å². The standard InChI is InChI=1S/C19H20N4O5S3/c24-17-12-30-19(26)23(17)11-13-1-3-14(4-2-13)21-18(25)16-9-15(10-20-16)31(27,28)22-5-7-29-8-6-22/h1-4,9-10,20H,5-8,11-12H2,(H,21,25). The molecule has 0 spiro atoms. The van der Waals surface area contributed by atoms with E-state index in [9.17, 15) is 22.8 Å². The third kappa shape index (κ3) is 4.81. The first-order chi connectivity index (χ1) is 14.8. The van der Waals surface area contributed by atoms with Crippen LogP contribution >= 0.6 is 23.5 Å². The number of nitrogens with one attached hydrogen (secondary N) is 2. The molecule has 3 amide bonds. The summed E-state index contributed by atoms with van der Waals surface area (Å²) in [4.78, 5) is 39.9. The summed E-state index contributed by atoms with van der Waals surface area (Å²) in [6.07, 6.45) is 1.33. The van der Waals surface area contributed by atoms with Crippen LogP contribution in [0, 0.1) is 0 Å². The molecular weight excluding hydrogens is 460 g/mol. The van der Waals surface area contributed by atoms with Gasteiger partial charge < -0.3 is 10.3 Å². The van der Waals surface area contributed by atoms with Crippen molar-refractivity contribution in [3.63, 3.8) is 0 Å². The first-order valence-corrected chi connectivity index (χ1v) is 13.1. The van der Waals surface area contributed by atoms with Gasteiger partial charge in [-0.25, -0.2) is 8.42 Å². The number of H-pyrrole nitrogens is 1. The minimum absolute atomic E-state index is 0.0673. The molecule has 0 aliphatic carbocycles. The fourth-order valence-corrected chi connectivity index (χ4v) is 6.49. The fourth-order valence-electron chi connectivity index (χ4n) is 3.20. The van der Waals surface area contributed by atoms with Crippen LogP contribution in [0.15, 0.2) is 41.4 Å². The topological polar surface area (TPSA) is 120 Å². The highest BCUT2D eigenvalue weighted by Crippen LogP contribution is 2.23. The van der Waals surface area contributed by atoms with E-state index in [4.69, 9.17) is 0 Å². The Morgan fingerprint density at radius 1 is 1.13 bits per heavy atom. The number of hydrogen-bond donors (Lipinski definition) is 2. The van der Waals surface area contributed by atoms with Crippen molar-refractivity contribution in [2.24, 2.45) is 0 Å². The number of amides is 3. The number of hydrogen-bond acceptors (Lipinski definition) is 7. The van der Waals surface area contributed by atoms with E-state index in [1.165, 1.54) is 21.5 Å². The van der Waals surface area contributed by atoms with Gasteiger partial charge in [0.2, 0.25) is 15.9 Å². The second kappa shape index (κ2) is 9.07. The molecule has 2 aliphatic heterocycles. The second-order valence-corrected chi connectivity index (χ2v) is 11.0. The van der Waals surface area contributed by atoms with Crippen molar-refractivity contribution in [3.8, 4) is 0 Å². The fraction of sp³-hybridized carbons (Fsp3) is 0.316. The van der Waals surface area contributed by atoms with Crippen LogP contribution < -0.4 is 5.32 Å². The maximum Gasteiger partial charge on any atom is 0.289 e. The lowest BCUT2D eigenvalue weighted by Gasteiger charge is -2.24. The van der Waals surface area contributed by atoms with E-state index < -0.39 is 15.9 Å². The summed E-state index contributed by atoms with van der Waals surface area (Å²) < 4.78 is 26.9. The Balaban J connectivity index is 1.39. The normalized spacial score (nSPS) is 17.9. The third-order valence-electron chi connectivity index (χ3n) is 4.90. The van der Waals surface area contributed by atoms with Gasteiger partial charge in [-0.1, -0.05) is 23.9 Å². The molecule has 2 fully saturated rings. The smallest absolute Gasteiger partial charge is 0.289 e. The van der Waals surface area contributed by atoms with Gasteiger partial charge in [0.25, 0.3) is 11.1 Å². The molecule has 4 rings (SSSR count). The van der Waals surface area contributed by atoms with E-state index in [0.29, 0.717) is 18.8 Å². The summed E-state index contributed by atoms with van der Waals surface area (Å²) in [7, 11) is -3.63. The Morgan fingerprint density at radius 3 is 2.48 bits per heavy atom. The number of benzene rings is 1. The van der Waals surface area contributed by atoms with Crippen molar-refractivity contribution in [1.82, 2.24) is 14.2 Å². The van der Waals surface area contributed by atoms with E-state index in [-0.39, 0.29) is 34.0 Å². The van der Waals surface area contributed by atoms with Crippen molar-refractivity contribution >= 4 is 56.3 Å². The molecule has 1 aromatic carbocycles. The van der Waals surface area contributed by atoms with Crippen LogP contribution in [0.4, 0.5) is 10.5 Å². The molecule has 2 saturated heterocycles.